The predicted molar refractivity (Wildman–Crippen MR) is 95.0 cm³/mol. The van der Waals surface area contributed by atoms with Gasteiger partial charge in [0.05, 0.1) is 17.2 Å². The molecule has 3 rings (SSSR count). The summed E-state index contributed by atoms with van der Waals surface area (Å²) in [6.07, 6.45) is 2.29. The zero-order valence-corrected chi connectivity index (χ0v) is 13.8. The zero-order valence-electron chi connectivity index (χ0n) is 13.8. The second-order valence-corrected chi connectivity index (χ2v) is 5.87. The molecule has 128 valence electrons. The molecule has 0 radical (unpaired) electrons. The minimum absolute atomic E-state index is 0.104. The van der Waals surface area contributed by atoms with E-state index >= 15 is 0 Å². The first-order chi connectivity index (χ1) is 12.0. The normalized spacial score (nSPS) is 10.8. The highest BCUT2D eigenvalue weighted by molar-refractivity contribution is 5.90. The highest BCUT2D eigenvalue weighted by atomic mass is 19.1. The van der Waals surface area contributed by atoms with Gasteiger partial charge in [-0.05, 0) is 49.2 Å². The Labute approximate surface area is 144 Å². The maximum atomic E-state index is 12.8. The zero-order chi connectivity index (χ0) is 17.8. The van der Waals surface area contributed by atoms with E-state index in [0.717, 1.165) is 5.56 Å². The fourth-order valence-corrected chi connectivity index (χ4v) is 2.66. The number of benzene rings is 2. The first-order valence-corrected chi connectivity index (χ1v) is 8.05. The molecule has 1 heterocycles. The molecule has 0 aliphatic carbocycles. The van der Waals surface area contributed by atoms with Gasteiger partial charge in [-0.2, -0.15) is 0 Å². The predicted octanol–water partition coefficient (Wildman–Crippen LogP) is 3.26. The van der Waals surface area contributed by atoms with Gasteiger partial charge in [-0.3, -0.25) is 14.2 Å². The van der Waals surface area contributed by atoms with Crippen molar-refractivity contribution in [1.29, 1.82) is 0 Å². The quantitative estimate of drug-likeness (QED) is 0.776. The van der Waals surface area contributed by atoms with E-state index in [1.165, 1.54) is 35.2 Å². The largest absolute Gasteiger partial charge is 0.326 e. The van der Waals surface area contributed by atoms with Gasteiger partial charge < -0.3 is 5.32 Å². The van der Waals surface area contributed by atoms with Gasteiger partial charge in [0.15, 0.2) is 0 Å². The number of carbonyl (C=O) groups is 1. The SMILES string of the molecule is Cc1cccc2c(=O)n(CCCC(=O)Nc3ccc(F)cc3)cnc12. The van der Waals surface area contributed by atoms with Gasteiger partial charge in [0.1, 0.15) is 5.82 Å². The molecule has 1 amide bonds. The molecular formula is C19H18FN3O2. The molecule has 0 fully saturated rings. The molecule has 1 N–H and O–H groups in total. The van der Waals surface area contributed by atoms with E-state index in [0.29, 0.717) is 29.6 Å². The Hall–Kier alpha value is -3.02. The third-order valence-electron chi connectivity index (χ3n) is 3.99. The Bertz CT molecular complexity index is 965. The molecule has 0 aliphatic rings. The molecule has 0 bridgehead atoms. The van der Waals surface area contributed by atoms with Crippen LogP contribution in [-0.4, -0.2) is 15.5 Å². The van der Waals surface area contributed by atoms with Gasteiger partial charge in [0.2, 0.25) is 5.91 Å². The maximum absolute atomic E-state index is 12.8. The molecule has 0 saturated heterocycles. The number of nitrogens with zero attached hydrogens (tertiary/aromatic N) is 2. The van der Waals surface area contributed by atoms with E-state index in [2.05, 4.69) is 10.3 Å². The number of amides is 1. The van der Waals surface area contributed by atoms with E-state index in [-0.39, 0.29) is 23.7 Å². The van der Waals surface area contributed by atoms with E-state index < -0.39 is 0 Å². The molecular weight excluding hydrogens is 321 g/mol. The minimum Gasteiger partial charge on any atom is -0.326 e. The van der Waals surface area contributed by atoms with Crippen molar-refractivity contribution >= 4 is 22.5 Å². The number of halogens is 1. The second-order valence-electron chi connectivity index (χ2n) is 5.87. The lowest BCUT2D eigenvalue weighted by molar-refractivity contribution is -0.116. The van der Waals surface area contributed by atoms with Crippen LogP contribution in [0.15, 0.2) is 53.6 Å². The molecule has 0 unspecified atom stereocenters. The topological polar surface area (TPSA) is 64.0 Å². The molecule has 1 aromatic heterocycles. The smallest absolute Gasteiger partial charge is 0.261 e. The van der Waals surface area contributed by atoms with Crippen LogP contribution in [0.2, 0.25) is 0 Å². The van der Waals surface area contributed by atoms with Crippen molar-refractivity contribution in [2.75, 3.05) is 5.32 Å². The van der Waals surface area contributed by atoms with E-state index in [9.17, 15) is 14.0 Å². The van der Waals surface area contributed by atoms with Crippen LogP contribution < -0.4 is 10.9 Å². The van der Waals surface area contributed by atoms with Crippen molar-refractivity contribution in [2.45, 2.75) is 26.3 Å². The number of hydrogen-bond acceptors (Lipinski definition) is 3. The molecule has 0 aliphatic heterocycles. The van der Waals surface area contributed by atoms with E-state index in [1.807, 2.05) is 19.1 Å². The lowest BCUT2D eigenvalue weighted by Crippen LogP contribution is -2.22. The van der Waals surface area contributed by atoms with Crippen LogP contribution in [0.5, 0.6) is 0 Å². The van der Waals surface area contributed by atoms with Crippen molar-refractivity contribution in [2.24, 2.45) is 0 Å². The monoisotopic (exact) mass is 339 g/mol. The lowest BCUT2D eigenvalue weighted by atomic mass is 10.1. The average molecular weight is 339 g/mol. The summed E-state index contributed by atoms with van der Waals surface area (Å²) in [4.78, 5) is 28.7. The van der Waals surface area contributed by atoms with E-state index in [4.69, 9.17) is 0 Å². The molecule has 25 heavy (non-hydrogen) atoms. The first-order valence-electron chi connectivity index (χ1n) is 8.05. The number of aryl methyl sites for hydroxylation is 2. The van der Waals surface area contributed by atoms with Gasteiger partial charge in [0, 0.05) is 18.7 Å². The summed E-state index contributed by atoms with van der Waals surface area (Å²) < 4.78 is 14.4. The minimum atomic E-state index is -0.351. The van der Waals surface area contributed by atoms with Crippen LogP contribution in [0.25, 0.3) is 10.9 Å². The number of hydrogen-bond donors (Lipinski definition) is 1. The second kappa shape index (κ2) is 7.25. The molecule has 2 aromatic carbocycles. The van der Waals surface area contributed by atoms with Crippen molar-refractivity contribution < 1.29 is 9.18 Å². The van der Waals surface area contributed by atoms with E-state index in [1.54, 1.807) is 6.07 Å². The van der Waals surface area contributed by atoms with Crippen LogP contribution in [0.4, 0.5) is 10.1 Å². The fourth-order valence-electron chi connectivity index (χ4n) is 2.66. The summed E-state index contributed by atoms with van der Waals surface area (Å²) in [5.74, 6) is -0.527. The summed E-state index contributed by atoms with van der Waals surface area (Å²) >= 11 is 0. The first kappa shape index (κ1) is 16.8. The number of fused-ring (bicyclic) bond motifs is 1. The third kappa shape index (κ3) is 3.91. The Morgan fingerprint density at radius 2 is 1.96 bits per heavy atom. The average Bonchev–Trinajstić information content (AvgIpc) is 2.60. The van der Waals surface area contributed by atoms with Crippen LogP contribution in [0.3, 0.4) is 0 Å². The Morgan fingerprint density at radius 3 is 2.72 bits per heavy atom. The van der Waals surface area contributed by atoms with Crippen LogP contribution >= 0.6 is 0 Å². The van der Waals surface area contributed by atoms with Crippen LogP contribution in [-0.2, 0) is 11.3 Å². The molecule has 0 spiro atoms. The number of para-hydroxylation sites is 1. The highest BCUT2D eigenvalue weighted by Crippen LogP contribution is 2.12. The number of rotatable bonds is 5. The van der Waals surface area contributed by atoms with Crippen molar-refractivity contribution in [3.05, 3.63) is 70.5 Å². The van der Waals surface area contributed by atoms with Crippen molar-refractivity contribution in [3.8, 4) is 0 Å². The maximum Gasteiger partial charge on any atom is 0.261 e. The number of anilines is 1. The third-order valence-corrected chi connectivity index (χ3v) is 3.99. The van der Waals surface area contributed by atoms with Gasteiger partial charge >= 0.3 is 0 Å². The standard InChI is InChI=1S/C19H18FN3O2/c1-13-4-2-5-16-18(13)21-12-23(19(16)25)11-3-6-17(24)22-15-9-7-14(20)8-10-15/h2,4-5,7-10,12H,3,6,11H2,1H3,(H,22,24). The van der Waals surface area contributed by atoms with Gasteiger partial charge in [-0.25, -0.2) is 9.37 Å². The van der Waals surface area contributed by atoms with Gasteiger partial charge in [-0.15, -0.1) is 0 Å². The van der Waals surface area contributed by atoms with Crippen molar-refractivity contribution in [1.82, 2.24) is 9.55 Å². The molecule has 3 aromatic rings. The number of aromatic nitrogens is 2. The van der Waals surface area contributed by atoms with Gasteiger partial charge in [-0.1, -0.05) is 12.1 Å². The number of carbonyl (C=O) groups excluding carboxylic acids is 1. The fraction of sp³-hybridized carbons (Fsp3) is 0.211. The summed E-state index contributed by atoms with van der Waals surface area (Å²) in [7, 11) is 0. The lowest BCUT2D eigenvalue weighted by Gasteiger charge is -2.08. The van der Waals surface area contributed by atoms with Crippen molar-refractivity contribution in [3.63, 3.8) is 0 Å². The summed E-state index contributed by atoms with van der Waals surface area (Å²) in [6.45, 7) is 2.32. The highest BCUT2D eigenvalue weighted by Gasteiger charge is 2.07. The number of nitrogens with one attached hydrogen (secondary N) is 1. The Kier molecular flexibility index (Phi) is 4.88. The Morgan fingerprint density at radius 1 is 1.20 bits per heavy atom. The Balaban J connectivity index is 1.61. The molecule has 0 atom stereocenters. The summed E-state index contributed by atoms with van der Waals surface area (Å²) in [5.41, 5.74) is 2.11. The molecule has 6 heteroatoms. The summed E-state index contributed by atoms with van der Waals surface area (Å²) in [6, 6.07) is 11.1. The molecule has 0 saturated carbocycles. The van der Waals surface area contributed by atoms with Gasteiger partial charge in [0.25, 0.3) is 5.56 Å². The summed E-state index contributed by atoms with van der Waals surface area (Å²) in [5, 5.41) is 3.28. The van der Waals surface area contributed by atoms with Crippen LogP contribution in [0.1, 0.15) is 18.4 Å². The molecule has 5 nitrogen and oxygen atoms in total. The van der Waals surface area contributed by atoms with Crippen LogP contribution in [0, 0.1) is 12.7 Å².